The van der Waals surface area contributed by atoms with Gasteiger partial charge >= 0.3 is 0 Å². The Morgan fingerprint density at radius 2 is 0.825 bits per heavy atom. The quantitative estimate of drug-likeness (QED) is 0.151. The van der Waals surface area contributed by atoms with Gasteiger partial charge in [-0.25, -0.2) is 15.0 Å². The summed E-state index contributed by atoms with van der Waals surface area (Å²) in [6.07, 6.45) is 0. The first-order valence-corrected chi connectivity index (χ1v) is 21.3. The maximum Gasteiger partial charge on any atom is 0.160 e. The number of hydrogen-bond acceptors (Lipinski definition) is 3. The number of benzene rings is 9. The third-order valence-corrected chi connectivity index (χ3v) is 12.2. The second-order valence-corrected chi connectivity index (χ2v) is 16.0. The van der Waals surface area contributed by atoms with Gasteiger partial charge in [0.05, 0.1) is 33.6 Å². The van der Waals surface area contributed by atoms with Gasteiger partial charge in [0.1, 0.15) is 0 Å². The van der Waals surface area contributed by atoms with Crippen molar-refractivity contribution in [1.29, 1.82) is 0 Å². The minimum Gasteiger partial charge on any atom is -0.309 e. The Labute approximate surface area is 365 Å². The molecule has 0 fully saturated rings. The fraction of sp³-hybridized carbons (Fsp3) is 0. The molecule has 9 aromatic carbocycles. The topological polar surface area (TPSA) is 43.6 Å². The van der Waals surface area contributed by atoms with Crippen molar-refractivity contribution >= 4 is 43.5 Å². The highest BCUT2D eigenvalue weighted by molar-refractivity contribution is 6.10. The van der Waals surface area contributed by atoms with Gasteiger partial charge in [-0.05, 0) is 58.5 Å². The van der Waals surface area contributed by atoms with Crippen molar-refractivity contribution in [2.75, 3.05) is 0 Å². The Hall–Kier alpha value is -8.47. The van der Waals surface area contributed by atoms with E-state index in [0.717, 1.165) is 83.6 Å². The van der Waals surface area contributed by atoms with Crippen molar-refractivity contribution in [3.8, 4) is 73.1 Å². The molecule has 0 spiro atoms. The van der Waals surface area contributed by atoms with E-state index in [4.69, 9.17) is 15.0 Å². The molecule has 63 heavy (non-hydrogen) atoms. The fourth-order valence-corrected chi connectivity index (χ4v) is 9.09. The van der Waals surface area contributed by atoms with Crippen molar-refractivity contribution in [2.24, 2.45) is 0 Å². The Kier molecular flexibility index (Phi) is 8.79. The minimum absolute atomic E-state index is 0.690. The second kappa shape index (κ2) is 15.2. The summed E-state index contributed by atoms with van der Waals surface area (Å²) >= 11 is 0. The number of rotatable bonds is 7. The van der Waals surface area contributed by atoms with Gasteiger partial charge in [0.2, 0.25) is 0 Å². The number of nitrogens with zero attached hydrogens (tertiary/aromatic N) is 4. The van der Waals surface area contributed by atoms with Crippen molar-refractivity contribution in [3.05, 3.63) is 231 Å². The van der Waals surface area contributed by atoms with Crippen molar-refractivity contribution in [1.82, 2.24) is 19.5 Å². The largest absolute Gasteiger partial charge is 0.309 e. The van der Waals surface area contributed by atoms with Crippen LogP contribution in [-0.4, -0.2) is 19.5 Å². The van der Waals surface area contributed by atoms with Crippen LogP contribution in [0.2, 0.25) is 0 Å². The number of fused-ring (bicyclic) bond motifs is 6. The van der Waals surface area contributed by atoms with Crippen LogP contribution in [0.25, 0.3) is 117 Å². The highest BCUT2D eigenvalue weighted by Crippen LogP contribution is 2.38. The van der Waals surface area contributed by atoms with E-state index in [0.29, 0.717) is 5.82 Å². The Bertz CT molecular complexity index is 3590. The van der Waals surface area contributed by atoms with Gasteiger partial charge in [0.15, 0.2) is 5.82 Å². The van der Waals surface area contributed by atoms with Gasteiger partial charge in [-0.15, -0.1) is 0 Å². The van der Waals surface area contributed by atoms with Crippen LogP contribution < -0.4 is 0 Å². The first-order chi connectivity index (χ1) is 31.2. The molecule has 4 heteroatoms. The number of pyridine rings is 1. The molecule has 0 aliphatic heterocycles. The van der Waals surface area contributed by atoms with Crippen LogP contribution in [0.5, 0.6) is 0 Å². The Morgan fingerprint density at radius 1 is 0.302 bits per heavy atom. The van der Waals surface area contributed by atoms with E-state index < -0.39 is 0 Å². The molecule has 0 atom stereocenters. The van der Waals surface area contributed by atoms with Gasteiger partial charge in [-0.3, -0.25) is 0 Å². The van der Waals surface area contributed by atoms with E-state index in [1.165, 1.54) is 27.2 Å². The third kappa shape index (κ3) is 6.53. The van der Waals surface area contributed by atoms with Gasteiger partial charge in [-0.2, -0.15) is 0 Å². The summed E-state index contributed by atoms with van der Waals surface area (Å²) in [5.41, 5.74) is 15.8. The van der Waals surface area contributed by atoms with E-state index in [1.54, 1.807) is 0 Å². The van der Waals surface area contributed by atoms with Crippen molar-refractivity contribution in [3.63, 3.8) is 0 Å². The Balaban J connectivity index is 0.909. The normalized spacial score (nSPS) is 11.5. The maximum absolute atomic E-state index is 5.38. The molecule has 12 rings (SSSR count). The monoisotopic (exact) mass is 802 g/mol. The predicted molar refractivity (Wildman–Crippen MR) is 262 cm³/mol. The highest BCUT2D eigenvalue weighted by Gasteiger charge is 2.17. The molecule has 3 heterocycles. The van der Waals surface area contributed by atoms with Crippen LogP contribution in [0.1, 0.15) is 0 Å². The lowest BCUT2D eigenvalue weighted by atomic mass is 9.95. The van der Waals surface area contributed by atoms with Gasteiger partial charge in [0, 0.05) is 55.0 Å². The summed E-state index contributed by atoms with van der Waals surface area (Å²) < 4.78 is 2.35. The summed E-state index contributed by atoms with van der Waals surface area (Å²) in [5, 5.41) is 5.96. The molecule has 12 aromatic rings. The van der Waals surface area contributed by atoms with E-state index in [2.05, 4.69) is 217 Å². The summed E-state index contributed by atoms with van der Waals surface area (Å²) in [6.45, 7) is 0. The van der Waals surface area contributed by atoms with Crippen LogP contribution in [0, 0.1) is 0 Å². The van der Waals surface area contributed by atoms with Crippen LogP contribution in [0.15, 0.2) is 231 Å². The van der Waals surface area contributed by atoms with Gasteiger partial charge in [-0.1, -0.05) is 194 Å². The molecule has 0 amide bonds. The first-order valence-electron chi connectivity index (χ1n) is 21.3. The molecule has 0 bridgehead atoms. The zero-order chi connectivity index (χ0) is 41.7. The van der Waals surface area contributed by atoms with E-state index >= 15 is 0 Å². The van der Waals surface area contributed by atoms with Crippen LogP contribution in [0.4, 0.5) is 0 Å². The lowest BCUT2D eigenvalue weighted by Crippen LogP contribution is -1.97. The maximum atomic E-state index is 5.38. The molecule has 0 aliphatic rings. The SMILES string of the molecule is c1ccc(-c2nc(-c3ccc(-c4ccc(-c5nc6c(ccc7ccccc76)cc5-c5ccccc5)cc4)cc3)cc(-c3cccc(-n4c5ccccc5c5ccccc54)c3)n2)cc1. The molecule has 294 valence electrons. The molecule has 0 aliphatic carbocycles. The molecule has 3 aromatic heterocycles. The van der Waals surface area contributed by atoms with Crippen molar-refractivity contribution in [2.45, 2.75) is 0 Å². The standard InChI is InChI=1S/C59H38N4/c1-3-14-41(15-4-1)52-37-47-35-30-42-16-7-8-21-49(42)58(47)62-57(52)44-33-28-40(29-34-44)39-26-31-43(32-27-39)53-38-54(61-59(60-53)45-17-5-2-6-18-45)46-19-13-20-48(36-46)63-55-24-11-9-22-50(55)51-23-10-12-25-56(51)63/h1-38H. The lowest BCUT2D eigenvalue weighted by molar-refractivity contribution is 1.16. The smallest absolute Gasteiger partial charge is 0.160 e. The fourth-order valence-electron chi connectivity index (χ4n) is 9.09. The highest BCUT2D eigenvalue weighted by atomic mass is 15.0. The molecule has 0 saturated carbocycles. The Morgan fingerprint density at radius 3 is 1.51 bits per heavy atom. The summed E-state index contributed by atoms with van der Waals surface area (Å²) in [6, 6.07) is 81.5. The molecule has 0 saturated heterocycles. The molecule has 0 unspecified atom stereocenters. The van der Waals surface area contributed by atoms with E-state index in [9.17, 15) is 0 Å². The molecule has 4 nitrogen and oxygen atoms in total. The third-order valence-electron chi connectivity index (χ3n) is 12.2. The second-order valence-electron chi connectivity index (χ2n) is 16.0. The zero-order valence-corrected chi connectivity index (χ0v) is 34.2. The van der Waals surface area contributed by atoms with Crippen LogP contribution >= 0.6 is 0 Å². The molecule has 0 radical (unpaired) electrons. The average Bonchev–Trinajstić information content (AvgIpc) is 3.71. The lowest BCUT2D eigenvalue weighted by Gasteiger charge is -2.14. The van der Waals surface area contributed by atoms with E-state index in [1.807, 2.05) is 18.2 Å². The number of para-hydroxylation sites is 2. The predicted octanol–water partition coefficient (Wildman–Crippen LogP) is 15.3. The summed E-state index contributed by atoms with van der Waals surface area (Å²) in [7, 11) is 0. The molecular formula is C59H38N4. The van der Waals surface area contributed by atoms with Gasteiger partial charge in [0.25, 0.3) is 0 Å². The zero-order valence-electron chi connectivity index (χ0n) is 34.2. The van der Waals surface area contributed by atoms with Crippen molar-refractivity contribution < 1.29 is 0 Å². The average molecular weight is 803 g/mol. The summed E-state index contributed by atoms with van der Waals surface area (Å²) in [5.74, 6) is 0.690. The van der Waals surface area contributed by atoms with Crippen LogP contribution in [-0.2, 0) is 0 Å². The molecule has 0 N–H and O–H groups in total. The molecular weight excluding hydrogens is 765 g/mol. The van der Waals surface area contributed by atoms with Crippen LogP contribution in [0.3, 0.4) is 0 Å². The number of hydrogen-bond donors (Lipinski definition) is 0. The van der Waals surface area contributed by atoms with E-state index in [-0.39, 0.29) is 0 Å². The first kappa shape index (κ1) is 36.4. The minimum atomic E-state index is 0.690. The van der Waals surface area contributed by atoms with Gasteiger partial charge < -0.3 is 4.57 Å². The summed E-state index contributed by atoms with van der Waals surface area (Å²) in [4.78, 5) is 15.7. The number of aromatic nitrogens is 4.